The van der Waals surface area contributed by atoms with Crippen LogP contribution in [0.15, 0.2) is 24.4 Å². The summed E-state index contributed by atoms with van der Waals surface area (Å²) < 4.78 is 6.91. The zero-order valence-corrected chi connectivity index (χ0v) is 11.3. The van der Waals surface area contributed by atoms with Crippen molar-refractivity contribution in [2.75, 3.05) is 0 Å². The second kappa shape index (κ2) is 4.16. The fraction of sp³-hybridized carbons (Fsp3) is 0.333. The third-order valence-electron chi connectivity index (χ3n) is 2.63. The number of nitrogens with zero attached hydrogens (tertiary/aromatic N) is 1. The first kappa shape index (κ1) is 12.7. The normalized spacial score (nSPS) is 11.8. The molecule has 0 amide bonds. The van der Waals surface area contributed by atoms with Crippen LogP contribution in [0.4, 0.5) is 4.79 Å². The number of carbonyl (C=O) groups is 1. The van der Waals surface area contributed by atoms with E-state index in [4.69, 9.17) is 4.74 Å². The minimum atomic E-state index is -0.501. The molecule has 2 rings (SSSR count). The Morgan fingerprint density at radius 1 is 1.33 bits per heavy atom. The van der Waals surface area contributed by atoms with E-state index in [1.165, 1.54) is 4.57 Å². The first-order valence-corrected chi connectivity index (χ1v) is 5.95. The summed E-state index contributed by atoms with van der Waals surface area (Å²) >= 11 is 0. The lowest BCUT2D eigenvalue weighted by Gasteiger charge is -2.19. The van der Waals surface area contributed by atoms with Crippen molar-refractivity contribution in [2.45, 2.75) is 33.3 Å². The second-order valence-corrected chi connectivity index (χ2v) is 5.53. The molecule has 0 fully saturated rings. The van der Waals surface area contributed by atoms with Gasteiger partial charge < -0.3 is 4.74 Å². The smallest absolute Gasteiger partial charge is 0.419 e. The Kier molecular flexibility index (Phi) is 2.93. The molecule has 18 heavy (non-hydrogen) atoms. The van der Waals surface area contributed by atoms with Crippen LogP contribution < -0.4 is 0 Å². The third kappa shape index (κ3) is 2.40. The van der Waals surface area contributed by atoms with Gasteiger partial charge in [0.2, 0.25) is 0 Å². The molecule has 0 aliphatic heterocycles. The molecule has 0 aliphatic carbocycles. The zero-order chi connectivity index (χ0) is 13.5. The van der Waals surface area contributed by atoms with Crippen LogP contribution in [0.1, 0.15) is 31.9 Å². The maximum atomic E-state index is 12.1. The molecule has 1 aromatic carbocycles. The third-order valence-corrected chi connectivity index (χ3v) is 2.63. The van der Waals surface area contributed by atoms with Gasteiger partial charge in [0, 0.05) is 11.6 Å². The van der Waals surface area contributed by atoms with E-state index in [0.717, 1.165) is 22.0 Å². The van der Waals surface area contributed by atoms with E-state index in [9.17, 15) is 4.79 Å². The summed E-state index contributed by atoms with van der Waals surface area (Å²) in [4.78, 5) is 12.1. The number of benzene rings is 1. The highest BCUT2D eigenvalue weighted by Crippen LogP contribution is 2.23. The van der Waals surface area contributed by atoms with Crippen molar-refractivity contribution in [1.29, 1.82) is 0 Å². The summed E-state index contributed by atoms with van der Waals surface area (Å²) in [5, 5.41) is 0.978. The molecule has 3 nitrogen and oxygen atoms in total. The van der Waals surface area contributed by atoms with Gasteiger partial charge in [-0.2, -0.15) is 0 Å². The predicted octanol–water partition coefficient (Wildman–Crippen LogP) is 3.92. The topological polar surface area (TPSA) is 31.2 Å². The summed E-state index contributed by atoms with van der Waals surface area (Å²) in [5.74, 6) is 0. The van der Waals surface area contributed by atoms with E-state index < -0.39 is 5.60 Å². The van der Waals surface area contributed by atoms with E-state index in [2.05, 4.69) is 6.92 Å². The molecule has 3 heteroatoms. The Bertz CT molecular complexity index is 603. The number of aryl methyl sites for hydroxylation is 1. The van der Waals surface area contributed by atoms with Gasteiger partial charge in [-0.3, -0.25) is 4.57 Å². The van der Waals surface area contributed by atoms with Gasteiger partial charge in [0.25, 0.3) is 0 Å². The summed E-state index contributed by atoms with van der Waals surface area (Å²) in [6.07, 6.45) is 1.35. The van der Waals surface area contributed by atoms with Crippen molar-refractivity contribution < 1.29 is 9.53 Å². The molecule has 0 spiro atoms. The van der Waals surface area contributed by atoms with E-state index in [-0.39, 0.29) is 6.09 Å². The van der Waals surface area contributed by atoms with Gasteiger partial charge in [0.05, 0.1) is 5.52 Å². The molecule has 1 aromatic heterocycles. The van der Waals surface area contributed by atoms with Gasteiger partial charge >= 0.3 is 6.09 Å². The molecule has 0 N–H and O–H groups in total. The standard InChI is InChI=1S/C15H18NO2/c1-10-6-7-12-11(2)9-16(13(12)8-10)14(17)18-15(3,4)5/h6-9H,2H2,1,3-5H3. The minimum Gasteiger partial charge on any atom is -0.443 e. The summed E-state index contributed by atoms with van der Waals surface area (Å²) in [7, 11) is 0. The van der Waals surface area contributed by atoms with Crippen LogP contribution in [0.2, 0.25) is 0 Å². The van der Waals surface area contributed by atoms with Gasteiger partial charge in [-0.1, -0.05) is 12.1 Å². The lowest BCUT2D eigenvalue weighted by atomic mass is 10.1. The molecule has 95 valence electrons. The van der Waals surface area contributed by atoms with Crippen molar-refractivity contribution in [3.05, 3.63) is 42.4 Å². The van der Waals surface area contributed by atoms with Crippen molar-refractivity contribution in [3.8, 4) is 0 Å². The maximum absolute atomic E-state index is 12.1. The molecule has 1 radical (unpaired) electrons. The summed E-state index contributed by atoms with van der Waals surface area (Å²) in [6.45, 7) is 11.5. The van der Waals surface area contributed by atoms with Crippen LogP contribution in [-0.4, -0.2) is 16.3 Å². The molecule has 0 atom stereocenters. The quantitative estimate of drug-likeness (QED) is 0.703. The van der Waals surface area contributed by atoms with Gasteiger partial charge in [0.15, 0.2) is 0 Å². The number of rotatable bonds is 0. The average molecular weight is 244 g/mol. The molecule has 2 aromatic rings. The van der Waals surface area contributed by atoms with Crippen LogP contribution in [0, 0.1) is 13.8 Å². The first-order valence-electron chi connectivity index (χ1n) is 5.95. The summed E-state index contributed by atoms with van der Waals surface area (Å²) in [6, 6.07) is 5.96. The molecule has 0 bridgehead atoms. The Balaban J connectivity index is 2.51. The van der Waals surface area contributed by atoms with Gasteiger partial charge in [-0.05, 0) is 51.8 Å². The fourth-order valence-corrected chi connectivity index (χ4v) is 1.87. The number of aromatic nitrogens is 1. The minimum absolute atomic E-state index is 0.368. The average Bonchev–Trinajstić information content (AvgIpc) is 2.53. The Morgan fingerprint density at radius 3 is 2.61 bits per heavy atom. The number of carbonyl (C=O) groups excluding carboxylic acids is 1. The molecular formula is C15H18NO2. The molecule has 1 heterocycles. The first-order chi connectivity index (χ1) is 8.28. The molecule has 0 aliphatic rings. The van der Waals surface area contributed by atoms with Crippen LogP contribution in [0.5, 0.6) is 0 Å². The Labute approximate surface area is 107 Å². The Morgan fingerprint density at radius 2 is 2.00 bits per heavy atom. The molecular weight excluding hydrogens is 226 g/mol. The summed E-state index contributed by atoms with van der Waals surface area (Å²) in [5.41, 5.74) is 2.27. The van der Waals surface area contributed by atoms with Crippen LogP contribution >= 0.6 is 0 Å². The van der Waals surface area contributed by atoms with Gasteiger partial charge in [0.1, 0.15) is 5.60 Å². The predicted molar refractivity (Wildman–Crippen MR) is 72.8 cm³/mol. The molecule has 0 unspecified atom stereocenters. The number of fused-ring (bicyclic) bond motifs is 1. The molecule has 0 saturated heterocycles. The monoisotopic (exact) mass is 244 g/mol. The van der Waals surface area contributed by atoms with Crippen molar-refractivity contribution in [3.63, 3.8) is 0 Å². The molecule has 0 saturated carbocycles. The van der Waals surface area contributed by atoms with E-state index in [1.807, 2.05) is 45.9 Å². The number of hydrogen-bond acceptors (Lipinski definition) is 2. The maximum Gasteiger partial charge on any atom is 0.419 e. The lowest BCUT2D eigenvalue weighted by Crippen LogP contribution is -2.26. The van der Waals surface area contributed by atoms with E-state index >= 15 is 0 Å². The van der Waals surface area contributed by atoms with Crippen LogP contribution in [-0.2, 0) is 4.74 Å². The number of ether oxygens (including phenoxy) is 1. The highest BCUT2D eigenvalue weighted by molar-refractivity contribution is 5.92. The number of hydrogen-bond donors (Lipinski definition) is 0. The fourth-order valence-electron chi connectivity index (χ4n) is 1.87. The largest absolute Gasteiger partial charge is 0.443 e. The van der Waals surface area contributed by atoms with E-state index in [1.54, 1.807) is 6.20 Å². The lowest BCUT2D eigenvalue weighted by molar-refractivity contribution is 0.0544. The van der Waals surface area contributed by atoms with Crippen LogP contribution in [0.3, 0.4) is 0 Å². The second-order valence-electron chi connectivity index (χ2n) is 5.53. The van der Waals surface area contributed by atoms with Gasteiger partial charge in [-0.15, -0.1) is 0 Å². The van der Waals surface area contributed by atoms with Crippen molar-refractivity contribution in [1.82, 2.24) is 4.57 Å². The Hall–Kier alpha value is -1.77. The van der Waals surface area contributed by atoms with E-state index in [0.29, 0.717) is 0 Å². The highest BCUT2D eigenvalue weighted by atomic mass is 16.6. The highest BCUT2D eigenvalue weighted by Gasteiger charge is 2.19. The van der Waals surface area contributed by atoms with Crippen molar-refractivity contribution in [2.24, 2.45) is 0 Å². The van der Waals surface area contributed by atoms with Gasteiger partial charge in [-0.25, -0.2) is 4.79 Å². The van der Waals surface area contributed by atoms with Crippen LogP contribution in [0.25, 0.3) is 10.9 Å². The SMILES string of the molecule is [CH2]c1cn(C(=O)OC(C)(C)C)c2cc(C)ccc12. The van der Waals surface area contributed by atoms with Crippen molar-refractivity contribution >= 4 is 17.0 Å². The zero-order valence-electron chi connectivity index (χ0n) is 11.3.